The van der Waals surface area contributed by atoms with Gasteiger partial charge in [-0.05, 0) is 38.8 Å². The summed E-state index contributed by atoms with van der Waals surface area (Å²) < 4.78 is 0. The summed E-state index contributed by atoms with van der Waals surface area (Å²) in [5.41, 5.74) is 0. The summed E-state index contributed by atoms with van der Waals surface area (Å²) in [6, 6.07) is -1.03. The second-order valence-corrected chi connectivity index (χ2v) is 6.28. The van der Waals surface area contributed by atoms with Crippen molar-refractivity contribution >= 4 is 25.5 Å². The van der Waals surface area contributed by atoms with Gasteiger partial charge in [0.25, 0.3) is 7.41 Å². The summed E-state index contributed by atoms with van der Waals surface area (Å²) in [6.45, 7) is 2.01. The minimum Gasteiger partial charge on any atom is -0.351 e. The molecule has 3 fully saturated rings. The third-order valence-electron chi connectivity index (χ3n) is 4.91. The van der Waals surface area contributed by atoms with E-state index in [4.69, 9.17) is 0 Å². The van der Waals surface area contributed by atoms with Gasteiger partial charge in [0.1, 0.15) is 6.04 Å². The molecule has 0 aromatic heterocycles. The molecule has 0 aromatic carbocycles. The quantitative estimate of drug-likeness (QED) is 0.385. The zero-order chi connectivity index (χ0) is 15.7. The van der Waals surface area contributed by atoms with Gasteiger partial charge in [0.15, 0.2) is 0 Å². The SMILES string of the molecule is O=CBN1CCC(NC(=O)[C@@H]2CC[C@@H]3CN2C(=O)N3O)CC1. The van der Waals surface area contributed by atoms with Crippen molar-refractivity contribution in [1.29, 1.82) is 0 Å². The molecule has 3 heterocycles. The van der Waals surface area contributed by atoms with Gasteiger partial charge < -0.3 is 19.8 Å². The van der Waals surface area contributed by atoms with Crippen molar-refractivity contribution < 1.29 is 19.6 Å². The molecule has 0 unspecified atom stereocenters. The maximum Gasteiger partial charge on any atom is 0.344 e. The molecule has 3 aliphatic rings. The van der Waals surface area contributed by atoms with Crippen LogP contribution in [0.4, 0.5) is 4.79 Å². The maximum atomic E-state index is 12.4. The van der Waals surface area contributed by atoms with E-state index in [1.165, 1.54) is 4.90 Å². The topological polar surface area (TPSA) is 93.2 Å². The van der Waals surface area contributed by atoms with Gasteiger partial charge >= 0.3 is 6.03 Å². The van der Waals surface area contributed by atoms with Crippen molar-refractivity contribution in [3.8, 4) is 0 Å². The first kappa shape index (κ1) is 15.3. The summed E-state index contributed by atoms with van der Waals surface area (Å²) in [6.07, 6.45) is 3.76. The molecule has 2 bridgehead atoms. The number of hydrogen-bond donors (Lipinski definition) is 2. The smallest absolute Gasteiger partial charge is 0.344 e. The fraction of sp³-hybridized carbons (Fsp3) is 0.769. The van der Waals surface area contributed by atoms with E-state index in [0.717, 1.165) is 37.2 Å². The van der Waals surface area contributed by atoms with Crippen LogP contribution in [-0.4, -0.2) is 83.3 Å². The average Bonchev–Trinajstić information content (AvgIpc) is 2.74. The number of piperidine rings is 2. The molecular formula is C13H21BN4O4. The number of nitrogens with one attached hydrogen (secondary N) is 1. The van der Waals surface area contributed by atoms with Crippen molar-refractivity contribution in [2.75, 3.05) is 19.6 Å². The first-order valence-corrected chi connectivity index (χ1v) is 7.85. The van der Waals surface area contributed by atoms with Crippen LogP contribution >= 0.6 is 0 Å². The van der Waals surface area contributed by atoms with Gasteiger partial charge in [-0.25, -0.2) is 9.86 Å². The highest BCUT2D eigenvalue weighted by Crippen LogP contribution is 2.28. The molecule has 8 nitrogen and oxygen atoms in total. The second-order valence-electron chi connectivity index (χ2n) is 6.28. The first-order valence-electron chi connectivity index (χ1n) is 7.85. The van der Waals surface area contributed by atoms with Gasteiger partial charge in [-0.3, -0.25) is 10.0 Å². The van der Waals surface area contributed by atoms with E-state index in [1.54, 1.807) is 0 Å². The van der Waals surface area contributed by atoms with Crippen LogP contribution in [0, 0.1) is 0 Å². The fourth-order valence-corrected chi connectivity index (χ4v) is 3.59. The van der Waals surface area contributed by atoms with Gasteiger partial charge in [-0.15, -0.1) is 0 Å². The molecule has 3 aliphatic heterocycles. The average molecular weight is 308 g/mol. The Hall–Kier alpha value is -1.61. The number of hydroxylamine groups is 2. The fourth-order valence-electron chi connectivity index (χ4n) is 3.59. The van der Waals surface area contributed by atoms with Crippen molar-refractivity contribution in [2.45, 2.75) is 43.8 Å². The van der Waals surface area contributed by atoms with Gasteiger partial charge in [-0.2, -0.15) is 0 Å². The van der Waals surface area contributed by atoms with Crippen LogP contribution in [0.5, 0.6) is 0 Å². The summed E-state index contributed by atoms with van der Waals surface area (Å²) >= 11 is 0. The number of carbonyl (C=O) groups excluding carboxylic acids is 3. The molecule has 3 rings (SSSR count). The lowest BCUT2D eigenvalue weighted by Gasteiger charge is -2.34. The van der Waals surface area contributed by atoms with Crippen molar-refractivity contribution in [3.05, 3.63) is 0 Å². The summed E-state index contributed by atoms with van der Waals surface area (Å²) in [5.74, 6) is -0.129. The Bertz CT molecular complexity index is 469. The predicted octanol–water partition coefficient (Wildman–Crippen LogP) is -1.23. The molecule has 3 amide bonds. The molecule has 0 spiro atoms. The van der Waals surface area contributed by atoms with Crippen LogP contribution in [0.1, 0.15) is 25.7 Å². The normalized spacial score (nSPS) is 29.6. The number of carbonyl (C=O) groups is 3. The van der Waals surface area contributed by atoms with Crippen LogP contribution in [0.25, 0.3) is 0 Å². The monoisotopic (exact) mass is 308 g/mol. The minimum atomic E-state index is -0.478. The molecule has 120 valence electrons. The Kier molecular flexibility index (Phi) is 4.35. The Morgan fingerprint density at radius 1 is 1.27 bits per heavy atom. The van der Waals surface area contributed by atoms with Crippen molar-refractivity contribution in [1.82, 2.24) is 20.1 Å². The Morgan fingerprint density at radius 3 is 2.68 bits per heavy atom. The molecule has 0 radical (unpaired) electrons. The van der Waals surface area contributed by atoms with E-state index in [2.05, 4.69) is 10.1 Å². The lowest BCUT2D eigenvalue weighted by Crippen LogP contribution is -2.54. The molecule has 2 N–H and O–H groups in total. The molecule has 2 atom stereocenters. The Balaban J connectivity index is 1.52. The summed E-state index contributed by atoms with van der Waals surface area (Å²) in [5, 5.41) is 13.4. The van der Waals surface area contributed by atoms with Crippen molar-refractivity contribution in [2.24, 2.45) is 0 Å². The lowest BCUT2D eigenvalue weighted by atomic mass is 9.89. The highest BCUT2D eigenvalue weighted by atomic mass is 16.5. The predicted molar refractivity (Wildman–Crippen MR) is 79.2 cm³/mol. The molecular weight excluding hydrogens is 287 g/mol. The van der Waals surface area contributed by atoms with E-state index < -0.39 is 12.1 Å². The van der Waals surface area contributed by atoms with Crippen molar-refractivity contribution in [3.63, 3.8) is 0 Å². The highest BCUT2D eigenvalue weighted by molar-refractivity contribution is 6.64. The Morgan fingerprint density at radius 2 is 2.00 bits per heavy atom. The van der Waals surface area contributed by atoms with E-state index in [9.17, 15) is 19.6 Å². The third-order valence-corrected chi connectivity index (χ3v) is 4.91. The number of nitrogens with zero attached hydrogens (tertiary/aromatic N) is 3. The van der Waals surface area contributed by atoms with Crippen LogP contribution in [0.2, 0.25) is 0 Å². The standard InChI is InChI=1S/C13H21BN4O4/c19-8-14-16-5-3-9(4-6-16)15-12(20)11-2-1-10-7-17(11)13(21)18(10)22/h8-11,14,22H,1-7H2,(H,15,20)/t10-,11+/m1/s1. The molecule has 0 aromatic rings. The lowest BCUT2D eigenvalue weighted by molar-refractivity contribution is -0.127. The van der Waals surface area contributed by atoms with E-state index >= 15 is 0 Å². The molecule has 0 aliphatic carbocycles. The summed E-state index contributed by atoms with van der Waals surface area (Å²) in [7, 11) is 0.444. The Labute approximate surface area is 129 Å². The van der Waals surface area contributed by atoms with Gasteiger partial charge in [0, 0.05) is 12.6 Å². The van der Waals surface area contributed by atoms with Crippen LogP contribution in [0.3, 0.4) is 0 Å². The van der Waals surface area contributed by atoms with E-state index in [-0.39, 0.29) is 18.0 Å². The number of fused-ring (bicyclic) bond motifs is 2. The van der Waals surface area contributed by atoms with Gasteiger partial charge in [-0.1, -0.05) is 0 Å². The molecule has 22 heavy (non-hydrogen) atoms. The number of urea groups is 1. The second kappa shape index (κ2) is 6.25. The first-order chi connectivity index (χ1) is 10.6. The van der Waals surface area contributed by atoms with Gasteiger partial charge in [0.2, 0.25) is 5.91 Å². The van der Waals surface area contributed by atoms with Crippen LogP contribution in [-0.2, 0) is 9.59 Å². The molecule has 3 saturated heterocycles. The largest absolute Gasteiger partial charge is 0.351 e. The van der Waals surface area contributed by atoms with E-state index in [1.807, 2.05) is 0 Å². The van der Waals surface area contributed by atoms with Crippen LogP contribution in [0.15, 0.2) is 0 Å². The van der Waals surface area contributed by atoms with Gasteiger partial charge in [0.05, 0.1) is 12.2 Å². The molecule has 0 saturated carbocycles. The zero-order valence-corrected chi connectivity index (χ0v) is 12.5. The minimum absolute atomic E-state index is 0.0936. The number of rotatable bonds is 4. The highest BCUT2D eigenvalue weighted by Gasteiger charge is 2.46. The summed E-state index contributed by atoms with van der Waals surface area (Å²) in [4.78, 5) is 38.4. The van der Waals surface area contributed by atoms with E-state index in [0.29, 0.717) is 26.8 Å². The number of hydrogen-bond acceptors (Lipinski definition) is 5. The molecule has 9 heteroatoms. The van der Waals surface area contributed by atoms with Crippen LogP contribution < -0.4 is 5.32 Å². The zero-order valence-electron chi connectivity index (χ0n) is 12.5. The number of amides is 3. The maximum absolute atomic E-state index is 12.4. The third kappa shape index (κ3) is 2.82.